The Morgan fingerprint density at radius 2 is 1.68 bits per heavy atom. The topological polar surface area (TPSA) is 110 Å². The molecule has 0 radical (unpaired) electrons. The number of rotatable bonds is 7. The molecule has 0 spiro atoms. The van der Waals surface area contributed by atoms with Gasteiger partial charge in [-0.1, -0.05) is 19.2 Å². The van der Waals surface area contributed by atoms with Crippen LogP contribution in [0, 0.1) is 0 Å². The Morgan fingerprint density at radius 1 is 0.957 bits per heavy atom. The first-order chi connectivity index (χ1) is 22.4. The minimum Gasteiger partial charge on any atom is -0.478 e. The predicted molar refractivity (Wildman–Crippen MR) is 175 cm³/mol. The van der Waals surface area contributed by atoms with Crippen LogP contribution < -0.4 is 15.4 Å². The summed E-state index contributed by atoms with van der Waals surface area (Å²) in [6, 6.07) is 10.4. The predicted octanol–water partition coefficient (Wildman–Crippen LogP) is 2.77. The third kappa shape index (κ3) is 5.26. The molecule has 2 saturated heterocycles. The van der Waals surface area contributed by atoms with Gasteiger partial charge in [0.25, 0.3) is 17.7 Å². The molecular weight excluding hydrogens is 622 g/mol. The van der Waals surface area contributed by atoms with Gasteiger partial charge in [-0.05, 0) is 69.1 Å². The second-order valence-electron chi connectivity index (χ2n) is 12.9. The number of carboxylic acid groups (broad SMARTS) is 1. The van der Waals surface area contributed by atoms with Gasteiger partial charge in [-0.25, -0.2) is 18.2 Å². The summed E-state index contributed by atoms with van der Waals surface area (Å²) in [5.41, 5.74) is 4.79. The van der Waals surface area contributed by atoms with Crippen LogP contribution in [-0.4, -0.2) is 104 Å². The molecule has 0 atom stereocenters. The first-order valence-corrected chi connectivity index (χ1v) is 18.6. The first-order valence-electron chi connectivity index (χ1n) is 15.6. The standard InChI is InChI=1S/C35H32F2N4O5Si/c1-47(2)29-14-23(39-16-21(36)17-39)4-7-26(29)33(27-8-5-24(15-30(27)47)40-18-22(37)19-40)28-13-20(3-6-25(28)35(45)46)34(44)38-11-12-41-31(42)9-10-32(41)43/h3-10,13-15,21-22H,11-12,16-19H2,1-2H3,(H-,38,44,45,46)/p+1. The number of nitrogens with one attached hydrogen (secondary N) is 1. The van der Waals surface area contributed by atoms with Gasteiger partial charge < -0.3 is 15.3 Å². The lowest BCUT2D eigenvalue weighted by Gasteiger charge is -2.41. The monoisotopic (exact) mass is 655 g/mol. The van der Waals surface area contributed by atoms with Crippen molar-refractivity contribution in [1.82, 2.24) is 10.2 Å². The number of fused-ring (bicyclic) bond motifs is 2. The molecule has 4 heterocycles. The van der Waals surface area contributed by atoms with Gasteiger partial charge >= 0.3 is 5.97 Å². The van der Waals surface area contributed by atoms with Crippen LogP contribution in [0.5, 0.6) is 0 Å². The third-order valence-electron chi connectivity index (χ3n) is 9.60. The smallest absolute Gasteiger partial charge is 0.336 e. The number of carbonyl (C=O) groups is 4. The number of benzene rings is 2. The number of anilines is 1. The Balaban J connectivity index is 1.33. The average Bonchev–Trinajstić information content (AvgIpc) is 3.34. The lowest BCUT2D eigenvalue weighted by atomic mass is 9.86. The van der Waals surface area contributed by atoms with Crippen LogP contribution in [0.15, 0.2) is 77.5 Å². The summed E-state index contributed by atoms with van der Waals surface area (Å²) < 4.78 is 29.6. The minimum atomic E-state index is -2.45. The third-order valence-corrected chi connectivity index (χ3v) is 13.1. The van der Waals surface area contributed by atoms with Crippen molar-refractivity contribution in [2.24, 2.45) is 0 Å². The lowest BCUT2D eigenvalue weighted by Crippen LogP contribution is -2.52. The Labute approximate surface area is 270 Å². The highest BCUT2D eigenvalue weighted by Gasteiger charge is 2.43. The number of nitrogens with zero attached hydrogens (tertiary/aromatic N) is 3. The molecule has 2 N–H and O–H groups in total. The quantitative estimate of drug-likeness (QED) is 0.270. The molecule has 3 amide bonds. The number of imide groups is 1. The molecule has 240 valence electrons. The number of carboxylic acids is 1. The highest BCUT2D eigenvalue weighted by molar-refractivity contribution is 6.98. The molecule has 0 saturated carbocycles. The van der Waals surface area contributed by atoms with Crippen LogP contribution in [0.4, 0.5) is 14.5 Å². The maximum absolute atomic E-state index is 13.8. The Hall–Kier alpha value is -4.97. The highest BCUT2D eigenvalue weighted by atomic mass is 28.3. The van der Waals surface area contributed by atoms with Crippen LogP contribution in [0.3, 0.4) is 0 Å². The summed E-state index contributed by atoms with van der Waals surface area (Å²) in [5, 5.41) is 15.2. The number of halogens is 2. The van der Waals surface area contributed by atoms with E-state index in [0.29, 0.717) is 37.3 Å². The van der Waals surface area contributed by atoms with E-state index in [2.05, 4.69) is 30.6 Å². The fraction of sp³-hybridized carbons (Fsp3) is 0.286. The van der Waals surface area contributed by atoms with Crippen molar-refractivity contribution in [3.05, 3.63) is 99.8 Å². The van der Waals surface area contributed by atoms with Crippen molar-refractivity contribution < 1.29 is 37.6 Å². The second kappa shape index (κ2) is 11.4. The Bertz CT molecular complexity index is 1910. The van der Waals surface area contributed by atoms with E-state index in [1.165, 1.54) is 24.3 Å². The van der Waals surface area contributed by atoms with E-state index >= 15 is 0 Å². The number of alkyl halides is 2. The molecule has 5 aliphatic rings. The maximum atomic E-state index is 13.8. The van der Waals surface area contributed by atoms with Crippen LogP contribution >= 0.6 is 0 Å². The van der Waals surface area contributed by atoms with Crippen molar-refractivity contribution >= 4 is 53.9 Å². The molecule has 9 nitrogen and oxygen atoms in total. The van der Waals surface area contributed by atoms with Gasteiger partial charge in [0.2, 0.25) is 6.17 Å². The molecule has 0 aromatic heterocycles. The summed E-state index contributed by atoms with van der Waals surface area (Å²) in [6.45, 7) is 5.73. The molecule has 0 unspecified atom stereocenters. The summed E-state index contributed by atoms with van der Waals surface area (Å²) in [6.07, 6.45) is 6.60. The lowest BCUT2D eigenvalue weighted by molar-refractivity contribution is -0.599. The molecule has 7 rings (SSSR count). The molecule has 2 aromatic carbocycles. The Kier molecular flexibility index (Phi) is 7.42. The zero-order chi connectivity index (χ0) is 33.2. The number of hydrogen-bond donors (Lipinski definition) is 2. The summed E-state index contributed by atoms with van der Waals surface area (Å²) in [4.78, 5) is 52.8. The van der Waals surface area contributed by atoms with Crippen LogP contribution in [0.2, 0.25) is 13.1 Å². The SMILES string of the molecule is C[Si]1(C)C2=CC(=[N+]3CC(F)C3)C=CC2=C(c2cc(C(=O)NCCN3C(=O)C=CC3=O)ccc2C(=O)O)c2ccc(N3CC(F)C3)cc21. The normalized spacial score (nSPS) is 21.4. The maximum Gasteiger partial charge on any atom is 0.336 e. The average molecular weight is 656 g/mol. The van der Waals surface area contributed by atoms with E-state index < -0.39 is 44.1 Å². The van der Waals surface area contributed by atoms with E-state index in [1.807, 2.05) is 33.8 Å². The molecule has 12 heteroatoms. The molecular formula is C35H33F2N4O5Si+. The van der Waals surface area contributed by atoms with Gasteiger partial charge in [0, 0.05) is 48.6 Å². The van der Waals surface area contributed by atoms with E-state index in [1.54, 1.807) is 6.07 Å². The van der Waals surface area contributed by atoms with Crippen molar-refractivity contribution in [2.45, 2.75) is 25.4 Å². The van der Waals surface area contributed by atoms with Crippen molar-refractivity contribution in [1.29, 1.82) is 0 Å². The number of aromatic carboxylic acids is 1. The number of allylic oxidation sites excluding steroid dienone is 5. The fourth-order valence-corrected chi connectivity index (χ4v) is 9.96. The van der Waals surface area contributed by atoms with Crippen LogP contribution in [0.1, 0.15) is 31.8 Å². The van der Waals surface area contributed by atoms with Crippen LogP contribution in [0.25, 0.3) is 5.57 Å². The molecule has 1 aliphatic carbocycles. The van der Waals surface area contributed by atoms with Crippen molar-refractivity contribution in [3.8, 4) is 0 Å². The van der Waals surface area contributed by atoms with E-state index in [0.717, 1.165) is 37.8 Å². The zero-order valence-corrected chi connectivity index (χ0v) is 26.9. The van der Waals surface area contributed by atoms with Gasteiger partial charge in [-0.15, -0.1) is 0 Å². The number of amides is 3. The molecule has 4 aliphatic heterocycles. The zero-order valence-electron chi connectivity index (χ0n) is 25.9. The van der Waals surface area contributed by atoms with E-state index in [9.17, 15) is 33.1 Å². The number of hydrogen-bond acceptors (Lipinski definition) is 5. The first kappa shape index (κ1) is 30.7. The van der Waals surface area contributed by atoms with Gasteiger partial charge in [0.05, 0.1) is 18.7 Å². The van der Waals surface area contributed by atoms with Gasteiger partial charge in [-0.2, -0.15) is 0 Å². The molecule has 0 bridgehead atoms. The summed E-state index contributed by atoms with van der Waals surface area (Å²) in [7, 11) is -2.45. The molecule has 2 fully saturated rings. The van der Waals surface area contributed by atoms with Gasteiger partial charge in [0.1, 0.15) is 14.2 Å². The molecule has 2 aromatic rings. The minimum absolute atomic E-state index is 0.000677. The largest absolute Gasteiger partial charge is 0.478 e. The summed E-state index contributed by atoms with van der Waals surface area (Å²) in [5.74, 6) is -2.53. The van der Waals surface area contributed by atoms with E-state index in [4.69, 9.17) is 0 Å². The fourth-order valence-electron chi connectivity index (χ4n) is 6.89. The van der Waals surface area contributed by atoms with Crippen molar-refractivity contribution in [3.63, 3.8) is 0 Å². The number of carbonyl (C=O) groups excluding carboxylic acids is 3. The highest BCUT2D eigenvalue weighted by Crippen LogP contribution is 2.43. The summed E-state index contributed by atoms with van der Waals surface area (Å²) >= 11 is 0. The molecule has 47 heavy (non-hydrogen) atoms. The second-order valence-corrected chi connectivity index (χ2v) is 17.3. The van der Waals surface area contributed by atoms with E-state index in [-0.39, 0.29) is 24.2 Å². The van der Waals surface area contributed by atoms with Gasteiger partial charge in [0.15, 0.2) is 18.8 Å². The Morgan fingerprint density at radius 3 is 2.34 bits per heavy atom. The van der Waals surface area contributed by atoms with Gasteiger partial charge in [-0.3, -0.25) is 19.3 Å². The van der Waals surface area contributed by atoms with Crippen LogP contribution in [-0.2, 0) is 9.59 Å². The van der Waals surface area contributed by atoms with Crippen molar-refractivity contribution in [2.75, 3.05) is 44.2 Å².